The lowest BCUT2D eigenvalue weighted by atomic mass is 10.1. The minimum atomic E-state index is -3.60. The van der Waals surface area contributed by atoms with Gasteiger partial charge in [0.1, 0.15) is 6.54 Å². The van der Waals surface area contributed by atoms with Crippen molar-refractivity contribution in [2.24, 2.45) is 0 Å². The highest BCUT2D eigenvalue weighted by Gasteiger charge is 2.21. The molecule has 0 spiro atoms. The fourth-order valence-corrected chi connectivity index (χ4v) is 3.22. The molecule has 0 aliphatic carbocycles. The van der Waals surface area contributed by atoms with Crippen LogP contribution in [-0.4, -0.2) is 27.1 Å². The average Bonchev–Trinajstić information content (AvgIpc) is 2.54. The summed E-state index contributed by atoms with van der Waals surface area (Å²) in [5, 5.41) is 3.02. The summed E-state index contributed by atoms with van der Waals surface area (Å²) in [4.78, 5) is 12.2. The second-order valence-electron chi connectivity index (χ2n) is 5.32. The average molecular weight is 367 g/mol. The standard InChI is InChI=1S/C17H19ClN2O3S/c1-3-13-8-10-14(11-9-13)20(24(2,22)23)12-17(21)19-16-7-5-4-6-15(16)18/h4-11H,3,12H2,1-2H3,(H,19,21). The summed E-state index contributed by atoms with van der Waals surface area (Å²) in [6.45, 7) is 1.69. The molecule has 2 aromatic carbocycles. The lowest BCUT2D eigenvalue weighted by molar-refractivity contribution is -0.114. The van der Waals surface area contributed by atoms with E-state index < -0.39 is 15.9 Å². The summed E-state index contributed by atoms with van der Waals surface area (Å²) in [5.41, 5.74) is 1.98. The zero-order valence-corrected chi connectivity index (χ0v) is 15.1. The number of rotatable bonds is 6. The first-order valence-electron chi connectivity index (χ1n) is 7.42. The van der Waals surface area contributed by atoms with Gasteiger partial charge in [-0.25, -0.2) is 8.42 Å². The van der Waals surface area contributed by atoms with Crippen LogP contribution >= 0.6 is 11.6 Å². The predicted molar refractivity (Wildman–Crippen MR) is 98.1 cm³/mol. The van der Waals surface area contributed by atoms with Crippen molar-refractivity contribution in [3.63, 3.8) is 0 Å². The number of carbonyl (C=O) groups is 1. The van der Waals surface area contributed by atoms with Gasteiger partial charge < -0.3 is 5.32 Å². The SMILES string of the molecule is CCc1ccc(N(CC(=O)Nc2ccccc2Cl)S(C)(=O)=O)cc1. The Labute approximate surface area is 147 Å². The van der Waals surface area contributed by atoms with E-state index in [0.717, 1.165) is 22.5 Å². The number of nitrogens with zero attached hydrogens (tertiary/aromatic N) is 1. The Morgan fingerprint density at radius 3 is 2.29 bits per heavy atom. The highest BCUT2D eigenvalue weighted by Crippen LogP contribution is 2.22. The lowest BCUT2D eigenvalue weighted by Crippen LogP contribution is -2.37. The van der Waals surface area contributed by atoms with Crippen LogP contribution in [0.5, 0.6) is 0 Å². The molecule has 0 saturated heterocycles. The molecular weight excluding hydrogens is 348 g/mol. The van der Waals surface area contributed by atoms with Crippen molar-refractivity contribution >= 4 is 38.9 Å². The van der Waals surface area contributed by atoms with Crippen molar-refractivity contribution in [3.8, 4) is 0 Å². The van der Waals surface area contributed by atoms with Crippen LogP contribution in [0, 0.1) is 0 Å². The van der Waals surface area contributed by atoms with Gasteiger partial charge in [0.2, 0.25) is 15.9 Å². The van der Waals surface area contributed by atoms with Gasteiger partial charge in [0.15, 0.2) is 0 Å². The van der Waals surface area contributed by atoms with Gasteiger partial charge in [0.05, 0.1) is 22.7 Å². The zero-order chi connectivity index (χ0) is 17.7. The molecule has 0 atom stereocenters. The van der Waals surface area contributed by atoms with Crippen molar-refractivity contribution in [3.05, 3.63) is 59.1 Å². The lowest BCUT2D eigenvalue weighted by Gasteiger charge is -2.22. The number of anilines is 2. The second kappa shape index (κ2) is 7.68. The van der Waals surface area contributed by atoms with Gasteiger partial charge in [-0.1, -0.05) is 42.8 Å². The molecule has 2 aromatic rings. The summed E-state index contributed by atoms with van der Waals surface area (Å²) >= 11 is 6.00. The quantitative estimate of drug-likeness (QED) is 0.852. The number of amides is 1. The Bertz CT molecular complexity index is 820. The van der Waals surface area contributed by atoms with E-state index in [2.05, 4.69) is 5.32 Å². The van der Waals surface area contributed by atoms with Crippen LogP contribution < -0.4 is 9.62 Å². The minimum Gasteiger partial charge on any atom is -0.323 e. The number of hydrogen-bond acceptors (Lipinski definition) is 3. The first-order chi connectivity index (χ1) is 11.3. The highest BCUT2D eigenvalue weighted by molar-refractivity contribution is 7.92. The molecule has 128 valence electrons. The summed E-state index contributed by atoms with van der Waals surface area (Å²) < 4.78 is 25.2. The molecular formula is C17H19ClN2O3S. The molecule has 0 aliphatic heterocycles. The maximum atomic E-state index is 12.2. The van der Waals surface area contributed by atoms with Crippen LogP contribution in [-0.2, 0) is 21.2 Å². The van der Waals surface area contributed by atoms with Crippen molar-refractivity contribution in [1.29, 1.82) is 0 Å². The summed E-state index contributed by atoms with van der Waals surface area (Å²) in [7, 11) is -3.60. The third-order valence-corrected chi connectivity index (χ3v) is 4.94. The number of aryl methyl sites for hydroxylation is 1. The topological polar surface area (TPSA) is 66.5 Å². The molecule has 0 aromatic heterocycles. The van der Waals surface area contributed by atoms with Gasteiger partial charge in [0.25, 0.3) is 0 Å². The molecule has 0 heterocycles. The van der Waals surface area contributed by atoms with Crippen molar-refractivity contribution in [1.82, 2.24) is 0 Å². The number of nitrogens with one attached hydrogen (secondary N) is 1. The van der Waals surface area contributed by atoms with Gasteiger partial charge in [-0.05, 0) is 36.2 Å². The van der Waals surface area contributed by atoms with Crippen molar-refractivity contribution in [2.75, 3.05) is 22.4 Å². The maximum absolute atomic E-state index is 12.2. The van der Waals surface area contributed by atoms with Crippen LogP contribution in [0.4, 0.5) is 11.4 Å². The van der Waals surface area contributed by atoms with Gasteiger partial charge in [-0.2, -0.15) is 0 Å². The van der Waals surface area contributed by atoms with E-state index in [9.17, 15) is 13.2 Å². The van der Waals surface area contributed by atoms with E-state index in [1.807, 2.05) is 19.1 Å². The molecule has 5 nitrogen and oxygen atoms in total. The molecule has 1 N–H and O–H groups in total. The Morgan fingerprint density at radius 1 is 1.12 bits per heavy atom. The summed E-state index contributed by atoms with van der Waals surface area (Å²) in [6.07, 6.45) is 1.93. The molecule has 0 fully saturated rings. The van der Waals surface area contributed by atoms with Gasteiger partial charge in [-0.3, -0.25) is 9.10 Å². The van der Waals surface area contributed by atoms with Crippen LogP contribution in [0.1, 0.15) is 12.5 Å². The first kappa shape index (κ1) is 18.3. The summed E-state index contributed by atoms with van der Waals surface area (Å²) in [6, 6.07) is 13.9. The van der Waals surface area contributed by atoms with E-state index in [1.54, 1.807) is 36.4 Å². The van der Waals surface area contributed by atoms with E-state index in [-0.39, 0.29) is 6.54 Å². The number of halogens is 1. The molecule has 7 heteroatoms. The van der Waals surface area contributed by atoms with E-state index in [1.165, 1.54) is 0 Å². The van der Waals surface area contributed by atoms with Crippen LogP contribution in [0.3, 0.4) is 0 Å². The molecule has 0 bridgehead atoms. The maximum Gasteiger partial charge on any atom is 0.245 e. The highest BCUT2D eigenvalue weighted by atomic mass is 35.5. The van der Waals surface area contributed by atoms with Crippen LogP contribution in [0.25, 0.3) is 0 Å². The normalized spacial score (nSPS) is 11.1. The minimum absolute atomic E-state index is 0.324. The van der Waals surface area contributed by atoms with Crippen molar-refractivity contribution in [2.45, 2.75) is 13.3 Å². The Balaban J connectivity index is 2.20. The monoisotopic (exact) mass is 366 g/mol. The Morgan fingerprint density at radius 2 is 1.75 bits per heavy atom. The number of para-hydroxylation sites is 1. The largest absolute Gasteiger partial charge is 0.323 e. The summed E-state index contributed by atoms with van der Waals surface area (Å²) in [5.74, 6) is -0.465. The van der Waals surface area contributed by atoms with E-state index in [4.69, 9.17) is 11.6 Å². The fourth-order valence-electron chi connectivity index (χ4n) is 2.18. The molecule has 0 saturated carbocycles. The van der Waals surface area contributed by atoms with Crippen LogP contribution in [0.2, 0.25) is 5.02 Å². The molecule has 0 unspecified atom stereocenters. The number of sulfonamides is 1. The molecule has 0 aliphatic rings. The first-order valence-corrected chi connectivity index (χ1v) is 9.65. The molecule has 0 radical (unpaired) electrons. The smallest absolute Gasteiger partial charge is 0.245 e. The van der Waals surface area contributed by atoms with Gasteiger partial charge in [0, 0.05) is 0 Å². The van der Waals surface area contributed by atoms with Crippen molar-refractivity contribution < 1.29 is 13.2 Å². The molecule has 2 rings (SSSR count). The third kappa shape index (κ3) is 4.72. The number of hydrogen-bond donors (Lipinski definition) is 1. The van der Waals surface area contributed by atoms with Crippen LogP contribution in [0.15, 0.2) is 48.5 Å². The second-order valence-corrected chi connectivity index (χ2v) is 7.63. The predicted octanol–water partition coefficient (Wildman–Crippen LogP) is 3.31. The Hall–Kier alpha value is -2.05. The fraction of sp³-hybridized carbons (Fsp3) is 0.235. The van der Waals surface area contributed by atoms with E-state index in [0.29, 0.717) is 16.4 Å². The third-order valence-electron chi connectivity index (χ3n) is 3.47. The number of benzene rings is 2. The van der Waals surface area contributed by atoms with Gasteiger partial charge in [-0.15, -0.1) is 0 Å². The number of carbonyl (C=O) groups excluding carboxylic acids is 1. The molecule has 24 heavy (non-hydrogen) atoms. The van der Waals surface area contributed by atoms with Gasteiger partial charge >= 0.3 is 0 Å². The zero-order valence-electron chi connectivity index (χ0n) is 13.5. The van der Waals surface area contributed by atoms with E-state index >= 15 is 0 Å². The Kier molecular flexibility index (Phi) is 5.85. The molecule has 1 amide bonds.